The van der Waals surface area contributed by atoms with E-state index in [1.165, 1.54) is 276 Å². The third-order valence-corrected chi connectivity index (χ3v) is 16.1. The van der Waals surface area contributed by atoms with E-state index in [1.807, 2.05) is 0 Å². The third kappa shape index (κ3) is 66.3. The van der Waals surface area contributed by atoms with Crippen LogP contribution in [0.3, 0.4) is 0 Å². The molecule has 0 aliphatic heterocycles. The fourth-order valence-corrected chi connectivity index (χ4v) is 10.8. The zero-order valence-electron chi connectivity index (χ0n) is 53.4. The van der Waals surface area contributed by atoms with Gasteiger partial charge in [-0.3, -0.25) is 14.4 Å². The summed E-state index contributed by atoms with van der Waals surface area (Å²) in [5.41, 5.74) is 0. The van der Waals surface area contributed by atoms with Gasteiger partial charge in [-0.15, -0.1) is 0 Å². The fourth-order valence-electron chi connectivity index (χ4n) is 10.8. The summed E-state index contributed by atoms with van der Waals surface area (Å²) >= 11 is 0. The van der Waals surface area contributed by atoms with Gasteiger partial charge in [0.25, 0.3) is 0 Å². The number of carbonyl (C=O) groups is 3. The summed E-state index contributed by atoms with van der Waals surface area (Å²) in [6.45, 7) is 6.70. The Balaban J connectivity index is 4.32. The van der Waals surface area contributed by atoms with E-state index < -0.39 is 6.10 Å². The average Bonchev–Trinajstić information content (AvgIpc) is 3.45. The van der Waals surface area contributed by atoms with E-state index in [-0.39, 0.29) is 31.1 Å². The smallest absolute Gasteiger partial charge is 0.306 e. The number of hydrogen-bond acceptors (Lipinski definition) is 6. The Morgan fingerprint density at radius 2 is 0.456 bits per heavy atom. The number of carbonyl (C=O) groups excluding carboxylic acids is 3. The number of esters is 3. The van der Waals surface area contributed by atoms with Crippen LogP contribution in [0.15, 0.2) is 36.5 Å². The van der Waals surface area contributed by atoms with Crippen LogP contribution in [-0.4, -0.2) is 37.2 Å². The van der Waals surface area contributed by atoms with Crippen LogP contribution in [0, 0.1) is 0 Å². The quantitative estimate of drug-likeness (QED) is 0.0261. The van der Waals surface area contributed by atoms with E-state index >= 15 is 0 Å². The standard InChI is InChI=1S/C73H136O6/c1-4-7-10-13-16-19-22-25-28-31-33-35-36-38-39-42-45-48-51-54-57-60-63-66-72(75)78-69-70(68-77-71(74)65-62-59-56-53-50-47-44-41-30-27-24-21-18-15-12-9-6-3)79-73(76)67-64-61-58-55-52-49-46-43-40-37-34-32-29-26-23-20-17-14-11-8-5-2/h23,26,32,34,40,43,70H,4-22,24-25,27-31,33,35-39,41-42,44-69H2,1-3H3/b26-23-,34-32-,43-40-. The van der Waals surface area contributed by atoms with Crippen molar-refractivity contribution in [1.29, 1.82) is 0 Å². The van der Waals surface area contributed by atoms with Crippen molar-refractivity contribution in [1.82, 2.24) is 0 Å². The molecule has 0 radical (unpaired) electrons. The summed E-state index contributed by atoms with van der Waals surface area (Å²) in [7, 11) is 0. The van der Waals surface area contributed by atoms with Gasteiger partial charge in [0.05, 0.1) is 0 Å². The van der Waals surface area contributed by atoms with Crippen LogP contribution in [0.4, 0.5) is 0 Å². The maximum absolute atomic E-state index is 13.0. The lowest BCUT2D eigenvalue weighted by Gasteiger charge is -2.18. The molecule has 0 aromatic heterocycles. The molecule has 0 spiro atoms. The maximum Gasteiger partial charge on any atom is 0.306 e. The minimum atomic E-state index is -0.777. The second-order valence-corrected chi connectivity index (χ2v) is 24.2. The maximum atomic E-state index is 13.0. The van der Waals surface area contributed by atoms with Gasteiger partial charge in [-0.25, -0.2) is 0 Å². The molecule has 0 aliphatic rings. The summed E-state index contributed by atoms with van der Waals surface area (Å²) < 4.78 is 17.0. The normalized spacial score (nSPS) is 12.2. The highest BCUT2D eigenvalue weighted by molar-refractivity contribution is 5.71. The zero-order chi connectivity index (χ0) is 57.1. The molecule has 1 unspecified atom stereocenters. The van der Waals surface area contributed by atoms with Crippen molar-refractivity contribution in [3.63, 3.8) is 0 Å². The molecule has 0 bridgehead atoms. The van der Waals surface area contributed by atoms with Crippen molar-refractivity contribution in [2.24, 2.45) is 0 Å². The van der Waals surface area contributed by atoms with Gasteiger partial charge in [0.15, 0.2) is 6.10 Å². The van der Waals surface area contributed by atoms with E-state index in [4.69, 9.17) is 14.2 Å². The molecule has 0 N–H and O–H groups in total. The fraction of sp³-hybridized carbons (Fsp3) is 0.877. The van der Waals surface area contributed by atoms with Crippen LogP contribution in [0.1, 0.15) is 393 Å². The van der Waals surface area contributed by atoms with Crippen LogP contribution in [-0.2, 0) is 28.6 Å². The van der Waals surface area contributed by atoms with Crippen LogP contribution < -0.4 is 0 Å². The van der Waals surface area contributed by atoms with Gasteiger partial charge in [-0.2, -0.15) is 0 Å². The van der Waals surface area contributed by atoms with E-state index in [0.717, 1.165) is 77.0 Å². The van der Waals surface area contributed by atoms with Crippen molar-refractivity contribution in [3.8, 4) is 0 Å². The molecular weight excluding hydrogens is 973 g/mol. The molecule has 0 fully saturated rings. The third-order valence-electron chi connectivity index (χ3n) is 16.1. The van der Waals surface area contributed by atoms with Gasteiger partial charge < -0.3 is 14.2 Å². The second kappa shape index (κ2) is 68.1. The van der Waals surface area contributed by atoms with Gasteiger partial charge in [-0.1, -0.05) is 353 Å². The van der Waals surface area contributed by atoms with Crippen molar-refractivity contribution in [2.75, 3.05) is 13.2 Å². The van der Waals surface area contributed by atoms with Crippen molar-refractivity contribution < 1.29 is 28.6 Å². The van der Waals surface area contributed by atoms with E-state index in [1.54, 1.807) is 0 Å². The minimum Gasteiger partial charge on any atom is -0.462 e. The number of unbranched alkanes of at least 4 members (excludes halogenated alkanes) is 49. The molecule has 0 aromatic carbocycles. The molecule has 0 saturated carbocycles. The molecule has 0 rings (SSSR count). The Morgan fingerprint density at radius 1 is 0.253 bits per heavy atom. The van der Waals surface area contributed by atoms with Gasteiger partial charge in [-0.05, 0) is 57.8 Å². The predicted octanol–water partition coefficient (Wildman–Crippen LogP) is 24.3. The lowest BCUT2D eigenvalue weighted by molar-refractivity contribution is -0.167. The molecule has 464 valence electrons. The van der Waals surface area contributed by atoms with Gasteiger partial charge in [0.1, 0.15) is 13.2 Å². The Bertz CT molecular complexity index is 1320. The van der Waals surface area contributed by atoms with Gasteiger partial charge >= 0.3 is 17.9 Å². The highest BCUT2D eigenvalue weighted by Crippen LogP contribution is 2.19. The molecule has 79 heavy (non-hydrogen) atoms. The molecule has 0 aliphatic carbocycles. The molecule has 0 aromatic rings. The monoisotopic (exact) mass is 1110 g/mol. The van der Waals surface area contributed by atoms with E-state index in [9.17, 15) is 14.4 Å². The summed E-state index contributed by atoms with van der Waals surface area (Å²) in [4.78, 5) is 38.5. The lowest BCUT2D eigenvalue weighted by atomic mass is 10.0. The summed E-state index contributed by atoms with van der Waals surface area (Å²) in [6.07, 6.45) is 84.5. The Morgan fingerprint density at radius 3 is 0.709 bits per heavy atom. The predicted molar refractivity (Wildman–Crippen MR) is 344 cm³/mol. The highest BCUT2D eigenvalue weighted by atomic mass is 16.6. The summed E-state index contributed by atoms with van der Waals surface area (Å²) in [6, 6.07) is 0. The molecule has 1 atom stereocenters. The minimum absolute atomic E-state index is 0.0717. The first-order valence-electron chi connectivity index (χ1n) is 35.5. The zero-order valence-corrected chi connectivity index (χ0v) is 53.4. The van der Waals surface area contributed by atoms with E-state index in [0.29, 0.717) is 19.3 Å². The Labute approximate surface area is 493 Å². The van der Waals surface area contributed by atoms with Crippen LogP contribution in [0.5, 0.6) is 0 Å². The lowest BCUT2D eigenvalue weighted by Crippen LogP contribution is -2.30. The average molecular weight is 1110 g/mol. The van der Waals surface area contributed by atoms with Crippen LogP contribution in [0.2, 0.25) is 0 Å². The summed E-state index contributed by atoms with van der Waals surface area (Å²) in [5, 5.41) is 0. The second-order valence-electron chi connectivity index (χ2n) is 24.2. The number of ether oxygens (including phenoxy) is 3. The first-order valence-corrected chi connectivity index (χ1v) is 35.5. The molecular formula is C73H136O6. The first-order chi connectivity index (χ1) is 39.0. The first kappa shape index (κ1) is 76.6. The topological polar surface area (TPSA) is 78.9 Å². The highest BCUT2D eigenvalue weighted by Gasteiger charge is 2.19. The number of hydrogen-bond donors (Lipinski definition) is 0. The van der Waals surface area contributed by atoms with Crippen molar-refractivity contribution >= 4 is 17.9 Å². The molecule has 0 saturated heterocycles. The van der Waals surface area contributed by atoms with Gasteiger partial charge in [0.2, 0.25) is 0 Å². The molecule has 6 nitrogen and oxygen atoms in total. The molecule has 0 amide bonds. The molecule has 0 heterocycles. The SMILES string of the molecule is CCCCCCC/C=C\C/C=C\C/C=C\CCCCCCCCC(=O)OC(COC(=O)CCCCCCCCCCCCCCCCCCC)COC(=O)CCCCCCCCCCCCCCCCCCCCCCCCC. The number of rotatable bonds is 66. The van der Waals surface area contributed by atoms with Gasteiger partial charge in [0, 0.05) is 19.3 Å². The van der Waals surface area contributed by atoms with Crippen molar-refractivity contribution in [3.05, 3.63) is 36.5 Å². The van der Waals surface area contributed by atoms with Crippen LogP contribution in [0.25, 0.3) is 0 Å². The number of allylic oxidation sites excluding steroid dienone is 6. The Hall–Kier alpha value is -2.37. The van der Waals surface area contributed by atoms with Crippen molar-refractivity contribution in [2.45, 2.75) is 399 Å². The largest absolute Gasteiger partial charge is 0.462 e. The summed E-state index contributed by atoms with van der Waals surface area (Å²) in [5.74, 6) is -0.852. The Kier molecular flexibility index (Phi) is 66.1. The van der Waals surface area contributed by atoms with E-state index in [2.05, 4.69) is 57.2 Å². The molecule has 6 heteroatoms. The van der Waals surface area contributed by atoms with Crippen LogP contribution >= 0.6 is 0 Å².